The number of aromatic nitrogens is 3. The van der Waals surface area contributed by atoms with E-state index >= 15 is 0 Å². The second-order valence-corrected chi connectivity index (χ2v) is 6.36. The molecule has 1 aromatic heterocycles. The zero-order valence-corrected chi connectivity index (χ0v) is 14.6. The number of anilines is 1. The average Bonchev–Trinajstić information content (AvgIpc) is 3.05. The molecule has 0 unspecified atom stereocenters. The summed E-state index contributed by atoms with van der Waals surface area (Å²) in [6, 6.07) is 21.1. The number of aryl methyl sites for hydroxylation is 2. The molecule has 1 N–H and O–H groups in total. The molecule has 0 bridgehead atoms. The third kappa shape index (κ3) is 3.19. The lowest BCUT2D eigenvalue weighted by atomic mass is 10.1. The van der Waals surface area contributed by atoms with E-state index in [9.17, 15) is 4.79 Å². The van der Waals surface area contributed by atoms with Crippen LogP contribution in [0.3, 0.4) is 0 Å². The number of nitrogens with one attached hydrogen (secondary N) is 1. The Balaban J connectivity index is 1.62. The van der Waals surface area contributed by atoms with Crippen molar-refractivity contribution in [2.75, 3.05) is 5.32 Å². The molecule has 0 aliphatic carbocycles. The highest BCUT2D eigenvalue weighted by molar-refractivity contribution is 6.05. The van der Waals surface area contributed by atoms with Gasteiger partial charge in [0.2, 0.25) is 0 Å². The molecule has 128 valence electrons. The number of amides is 1. The van der Waals surface area contributed by atoms with E-state index in [1.165, 1.54) is 0 Å². The monoisotopic (exact) mass is 342 g/mol. The summed E-state index contributed by atoms with van der Waals surface area (Å²) in [7, 11) is 0. The molecule has 0 radical (unpaired) electrons. The minimum Gasteiger partial charge on any atom is -0.322 e. The van der Waals surface area contributed by atoms with Gasteiger partial charge in [-0.3, -0.25) is 4.79 Å². The quantitative estimate of drug-likeness (QED) is 0.604. The summed E-state index contributed by atoms with van der Waals surface area (Å²) >= 11 is 0. The second kappa shape index (κ2) is 6.44. The van der Waals surface area contributed by atoms with E-state index in [0.717, 1.165) is 27.8 Å². The molecular formula is C21H18N4O. The number of nitrogens with zero attached hydrogens (tertiary/aromatic N) is 3. The Labute approximate surface area is 151 Å². The maximum absolute atomic E-state index is 12.5. The molecular weight excluding hydrogens is 324 g/mol. The molecule has 0 saturated carbocycles. The molecule has 0 aliphatic rings. The number of benzene rings is 3. The van der Waals surface area contributed by atoms with Crippen LogP contribution in [0.5, 0.6) is 0 Å². The fourth-order valence-corrected chi connectivity index (χ4v) is 2.98. The van der Waals surface area contributed by atoms with Crippen molar-refractivity contribution in [3.63, 3.8) is 0 Å². The number of para-hydroxylation sites is 1. The van der Waals surface area contributed by atoms with Crippen LogP contribution in [0.4, 0.5) is 5.69 Å². The molecule has 1 heterocycles. The fourth-order valence-electron chi connectivity index (χ4n) is 2.98. The fraction of sp³-hybridized carbons (Fsp3) is 0.0952. The van der Waals surface area contributed by atoms with Gasteiger partial charge >= 0.3 is 0 Å². The molecule has 5 nitrogen and oxygen atoms in total. The van der Waals surface area contributed by atoms with Crippen molar-refractivity contribution < 1.29 is 4.79 Å². The second-order valence-electron chi connectivity index (χ2n) is 6.36. The number of hydrogen-bond acceptors (Lipinski definition) is 3. The SMILES string of the molecule is Cc1cc(C)cc(C(=O)Nc2ccc3nn(-c4ccccc4)nc3c2)c1. The van der Waals surface area contributed by atoms with Crippen molar-refractivity contribution in [3.05, 3.63) is 83.4 Å². The van der Waals surface area contributed by atoms with Gasteiger partial charge in [0, 0.05) is 11.3 Å². The molecule has 0 aliphatic heterocycles. The number of fused-ring (bicyclic) bond motifs is 1. The van der Waals surface area contributed by atoms with E-state index in [1.807, 2.05) is 80.6 Å². The van der Waals surface area contributed by atoms with E-state index in [-0.39, 0.29) is 5.91 Å². The van der Waals surface area contributed by atoms with Gasteiger partial charge < -0.3 is 5.32 Å². The standard InChI is InChI=1S/C21H18N4O/c1-14-10-15(2)12-16(11-14)21(26)22-17-8-9-19-20(13-17)24-25(23-19)18-6-4-3-5-7-18/h3-13H,1-2H3,(H,22,26). The molecule has 4 aromatic rings. The summed E-state index contributed by atoms with van der Waals surface area (Å²) in [6.07, 6.45) is 0. The molecule has 26 heavy (non-hydrogen) atoms. The maximum atomic E-state index is 12.5. The third-order valence-electron chi connectivity index (χ3n) is 4.11. The predicted molar refractivity (Wildman–Crippen MR) is 103 cm³/mol. The lowest BCUT2D eigenvalue weighted by Crippen LogP contribution is -2.12. The van der Waals surface area contributed by atoms with Crippen LogP contribution in [0.25, 0.3) is 16.7 Å². The Morgan fingerprint density at radius 1 is 0.846 bits per heavy atom. The zero-order chi connectivity index (χ0) is 18.1. The molecule has 0 fully saturated rings. The van der Waals surface area contributed by atoms with Crippen molar-refractivity contribution in [1.82, 2.24) is 15.0 Å². The number of rotatable bonds is 3. The van der Waals surface area contributed by atoms with E-state index in [2.05, 4.69) is 15.5 Å². The summed E-state index contributed by atoms with van der Waals surface area (Å²) in [4.78, 5) is 14.1. The van der Waals surface area contributed by atoms with E-state index in [4.69, 9.17) is 0 Å². The summed E-state index contributed by atoms with van der Waals surface area (Å²) in [6.45, 7) is 3.97. The van der Waals surface area contributed by atoms with Crippen LogP contribution >= 0.6 is 0 Å². The highest BCUT2D eigenvalue weighted by Crippen LogP contribution is 2.19. The van der Waals surface area contributed by atoms with E-state index < -0.39 is 0 Å². The number of carbonyl (C=O) groups excluding carboxylic acids is 1. The van der Waals surface area contributed by atoms with Gasteiger partial charge in [0.15, 0.2) is 0 Å². The first-order valence-corrected chi connectivity index (χ1v) is 8.41. The summed E-state index contributed by atoms with van der Waals surface area (Å²) < 4.78 is 0. The van der Waals surface area contributed by atoms with Crippen molar-refractivity contribution in [2.24, 2.45) is 0 Å². The summed E-state index contributed by atoms with van der Waals surface area (Å²) in [5, 5.41) is 11.9. The number of carbonyl (C=O) groups is 1. The first kappa shape index (κ1) is 16.0. The Morgan fingerprint density at radius 3 is 2.27 bits per heavy atom. The van der Waals surface area contributed by atoms with Crippen molar-refractivity contribution in [3.8, 4) is 5.69 Å². The minimum atomic E-state index is -0.133. The van der Waals surface area contributed by atoms with Crippen LogP contribution < -0.4 is 5.32 Å². The van der Waals surface area contributed by atoms with Crippen LogP contribution in [0.2, 0.25) is 0 Å². The first-order chi connectivity index (χ1) is 12.6. The third-order valence-corrected chi connectivity index (χ3v) is 4.11. The maximum Gasteiger partial charge on any atom is 0.255 e. The first-order valence-electron chi connectivity index (χ1n) is 8.41. The summed E-state index contributed by atoms with van der Waals surface area (Å²) in [5.74, 6) is -0.133. The molecule has 4 rings (SSSR count). The Kier molecular flexibility index (Phi) is 3.97. The zero-order valence-electron chi connectivity index (χ0n) is 14.6. The molecule has 0 saturated heterocycles. The van der Waals surface area contributed by atoms with E-state index in [1.54, 1.807) is 4.80 Å². The van der Waals surface area contributed by atoms with Crippen molar-refractivity contribution in [1.29, 1.82) is 0 Å². The lowest BCUT2D eigenvalue weighted by molar-refractivity contribution is 0.102. The largest absolute Gasteiger partial charge is 0.322 e. The Bertz CT molecular complexity index is 1080. The molecule has 3 aromatic carbocycles. The molecule has 0 spiro atoms. The van der Waals surface area contributed by atoms with Gasteiger partial charge in [-0.05, 0) is 56.3 Å². The van der Waals surface area contributed by atoms with Crippen molar-refractivity contribution in [2.45, 2.75) is 13.8 Å². The van der Waals surface area contributed by atoms with Crippen LogP contribution in [-0.4, -0.2) is 20.9 Å². The van der Waals surface area contributed by atoms with E-state index in [0.29, 0.717) is 11.3 Å². The average molecular weight is 342 g/mol. The number of hydrogen-bond donors (Lipinski definition) is 1. The van der Waals surface area contributed by atoms with Crippen LogP contribution in [-0.2, 0) is 0 Å². The van der Waals surface area contributed by atoms with Crippen molar-refractivity contribution >= 4 is 22.6 Å². The topological polar surface area (TPSA) is 59.8 Å². The minimum absolute atomic E-state index is 0.133. The molecule has 0 atom stereocenters. The molecule has 1 amide bonds. The molecule has 5 heteroatoms. The van der Waals surface area contributed by atoms with Gasteiger partial charge in [0.05, 0.1) is 5.69 Å². The van der Waals surface area contributed by atoms with Crippen LogP contribution in [0.1, 0.15) is 21.5 Å². The highest BCUT2D eigenvalue weighted by atomic mass is 16.1. The van der Waals surface area contributed by atoms with Gasteiger partial charge in [-0.2, -0.15) is 4.80 Å². The van der Waals surface area contributed by atoms with Gasteiger partial charge in [-0.25, -0.2) is 0 Å². The van der Waals surface area contributed by atoms with Crippen LogP contribution in [0.15, 0.2) is 66.7 Å². The normalized spacial score (nSPS) is 10.8. The van der Waals surface area contributed by atoms with Gasteiger partial charge in [-0.1, -0.05) is 35.4 Å². The van der Waals surface area contributed by atoms with Gasteiger partial charge in [0.1, 0.15) is 11.0 Å². The Hall–Kier alpha value is -3.47. The lowest BCUT2D eigenvalue weighted by Gasteiger charge is -2.07. The smallest absolute Gasteiger partial charge is 0.255 e. The highest BCUT2D eigenvalue weighted by Gasteiger charge is 2.10. The predicted octanol–water partition coefficient (Wildman–Crippen LogP) is 4.29. The van der Waals surface area contributed by atoms with Crippen LogP contribution in [0, 0.1) is 13.8 Å². The van der Waals surface area contributed by atoms with Gasteiger partial charge in [-0.15, -0.1) is 10.2 Å². The Morgan fingerprint density at radius 2 is 1.54 bits per heavy atom. The summed E-state index contributed by atoms with van der Waals surface area (Å²) in [5.41, 5.74) is 5.87. The van der Waals surface area contributed by atoms with Gasteiger partial charge in [0.25, 0.3) is 5.91 Å².